The van der Waals surface area contributed by atoms with Gasteiger partial charge in [-0.1, -0.05) is 29.3 Å². The van der Waals surface area contributed by atoms with Gasteiger partial charge in [0.25, 0.3) is 0 Å². The van der Waals surface area contributed by atoms with Gasteiger partial charge in [0, 0.05) is 22.0 Å². The van der Waals surface area contributed by atoms with Crippen molar-refractivity contribution in [3.63, 3.8) is 0 Å². The van der Waals surface area contributed by atoms with Crippen LogP contribution in [0.4, 0.5) is 8.78 Å². The molecule has 0 bridgehead atoms. The van der Waals surface area contributed by atoms with Gasteiger partial charge in [0.2, 0.25) is 0 Å². The monoisotopic (exact) mass is 302 g/mol. The fraction of sp³-hybridized carbons (Fsp3) is 0.143. The third-order valence-corrected chi connectivity index (χ3v) is 3.45. The van der Waals surface area contributed by atoms with E-state index < -0.39 is 17.7 Å². The van der Waals surface area contributed by atoms with Gasteiger partial charge in [-0.3, -0.25) is 0 Å². The number of rotatable bonds is 3. The largest absolute Gasteiger partial charge is 0.388 e. The Hall–Kier alpha value is -1.16. The molecule has 0 saturated carbocycles. The summed E-state index contributed by atoms with van der Waals surface area (Å²) in [6.07, 6.45) is -1.20. The van der Waals surface area contributed by atoms with Crippen LogP contribution < -0.4 is 0 Å². The third-order valence-electron chi connectivity index (χ3n) is 2.75. The Labute approximate surface area is 119 Å². The van der Waals surface area contributed by atoms with Crippen molar-refractivity contribution >= 4 is 23.2 Å². The van der Waals surface area contributed by atoms with Gasteiger partial charge in [-0.2, -0.15) is 0 Å². The normalized spacial score (nSPS) is 12.5. The van der Waals surface area contributed by atoms with Gasteiger partial charge >= 0.3 is 0 Å². The second-order valence-electron chi connectivity index (χ2n) is 4.09. The second kappa shape index (κ2) is 5.87. The molecule has 2 rings (SSSR count). The molecule has 0 saturated heterocycles. The van der Waals surface area contributed by atoms with Crippen LogP contribution in [0.5, 0.6) is 0 Å². The lowest BCUT2D eigenvalue weighted by molar-refractivity contribution is 0.173. The first kappa shape index (κ1) is 14.3. The van der Waals surface area contributed by atoms with E-state index in [-0.39, 0.29) is 17.0 Å². The van der Waals surface area contributed by atoms with Crippen LogP contribution in [-0.2, 0) is 6.42 Å². The van der Waals surface area contributed by atoms with Gasteiger partial charge in [-0.05, 0) is 35.9 Å². The van der Waals surface area contributed by atoms with Crippen molar-refractivity contribution in [3.05, 3.63) is 69.2 Å². The molecule has 1 nitrogen and oxygen atoms in total. The van der Waals surface area contributed by atoms with Gasteiger partial charge in [-0.15, -0.1) is 0 Å². The highest BCUT2D eigenvalue weighted by Gasteiger charge is 2.18. The molecule has 1 atom stereocenters. The number of hydrogen-bond donors (Lipinski definition) is 1. The van der Waals surface area contributed by atoms with Crippen LogP contribution in [0.15, 0.2) is 36.4 Å². The topological polar surface area (TPSA) is 20.2 Å². The van der Waals surface area contributed by atoms with E-state index in [0.29, 0.717) is 10.6 Å². The van der Waals surface area contributed by atoms with E-state index in [0.717, 1.165) is 0 Å². The summed E-state index contributed by atoms with van der Waals surface area (Å²) in [6.45, 7) is 0. The zero-order chi connectivity index (χ0) is 14.0. The molecule has 0 aromatic heterocycles. The predicted octanol–water partition coefficient (Wildman–Crippen LogP) is 4.55. The number of aliphatic hydroxyl groups excluding tert-OH is 1. The molecular formula is C14H10Cl2F2O. The van der Waals surface area contributed by atoms with E-state index in [1.807, 2.05) is 0 Å². The quantitative estimate of drug-likeness (QED) is 0.882. The molecule has 2 aromatic carbocycles. The van der Waals surface area contributed by atoms with Crippen LogP contribution in [0, 0.1) is 11.6 Å². The Kier molecular flexibility index (Phi) is 4.40. The van der Waals surface area contributed by atoms with Gasteiger partial charge in [0.05, 0.1) is 6.10 Å². The van der Waals surface area contributed by atoms with Crippen LogP contribution in [0.3, 0.4) is 0 Å². The zero-order valence-electron chi connectivity index (χ0n) is 9.71. The number of aliphatic hydroxyl groups is 1. The van der Waals surface area contributed by atoms with Crippen LogP contribution in [0.2, 0.25) is 10.0 Å². The molecule has 0 amide bonds. The minimum Gasteiger partial charge on any atom is -0.388 e. The molecular weight excluding hydrogens is 293 g/mol. The van der Waals surface area contributed by atoms with Crippen LogP contribution >= 0.6 is 23.2 Å². The van der Waals surface area contributed by atoms with Crippen molar-refractivity contribution in [2.24, 2.45) is 0 Å². The fourth-order valence-corrected chi connectivity index (χ4v) is 2.32. The van der Waals surface area contributed by atoms with Gasteiger partial charge in [-0.25, -0.2) is 8.78 Å². The highest BCUT2D eigenvalue weighted by Crippen LogP contribution is 2.30. The summed E-state index contributed by atoms with van der Waals surface area (Å²) in [7, 11) is 0. The lowest BCUT2D eigenvalue weighted by atomic mass is 10.0. The molecule has 0 fully saturated rings. The summed E-state index contributed by atoms with van der Waals surface area (Å²) in [5.74, 6) is -1.07. The molecule has 2 aromatic rings. The lowest BCUT2D eigenvalue weighted by Gasteiger charge is -2.14. The van der Waals surface area contributed by atoms with Gasteiger partial charge in [0.15, 0.2) is 0 Å². The molecule has 0 spiro atoms. The first-order valence-electron chi connectivity index (χ1n) is 5.55. The smallest absolute Gasteiger partial charge is 0.130 e. The summed E-state index contributed by atoms with van der Waals surface area (Å²) >= 11 is 11.8. The average molecular weight is 303 g/mol. The maximum absolute atomic E-state index is 13.6. The SMILES string of the molecule is OC(Cc1cc(F)ccc1Cl)c1c(F)cccc1Cl. The minimum atomic E-state index is -1.19. The zero-order valence-corrected chi connectivity index (χ0v) is 11.2. The van der Waals surface area contributed by atoms with Crippen molar-refractivity contribution in [1.82, 2.24) is 0 Å². The molecule has 0 aliphatic heterocycles. The number of benzene rings is 2. The van der Waals surface area contributed by atoms with E-state index in [9.17, 15) is 13.9 Å². The summed E-state index contributed by atoms with van der Waals surface area (Å²) < 4.78 is 26.8. The van der Waals surface area contributed by atoms with Crippen molar-refractivity contribution < 1.29 is 13.9 Å². The minimum absolute atomic E-state index is 0.00973. The maximum atomic E-state index is 13.6. The van der Waals surface area contributed by atoms with Crippen molar-refractivity contribution in [2.75, 3.05) is 0 Å². The van der Waals surface area contributed by atoms with E-state index >= 15 is 0 Å². The molecule has 5 heteroatoms. The molecule has 1 N–H and O–H groups in total. The molecule has 19 heavy (non-hydrogen) atoms. The molecule has 0 aliphatic carbocycles. The van der Waals surface area contributed by atoms with E-state index in [1.54, 1.807) is 0 Å². The van der Waals surface area contributed by atoms with Gasteiger partial charge in [0.1, 0.15) is 11.6 Å². The van der Waals surface area contributed by atoms with E-state index in [1.165, 1.54) is 36.4 Å². The molecule has 100 valence electrons. The summed E-state index contributed by atoms with van der Waals surface area (Å²) in [5.41, 5.74) is 0.387. The van der Waals surface area contributed by atoms with E-state index in [2.05, 4.69) is 0 Å². The van der Waals surface area contributed by atoms with Crippen molar-refractivity contribution in [3.8, 4) is 0 Å². The average Bonchev–Trinajstić information content (AvgIpc) is 2.33. The third kappa shape index (κ3) is 3.24. The Morgan fingerprint density at radius 1 is 1.05 bits per heavy atom. The van der Waals surface area contributed by atoms with Crippen molar-refractivity contribution in [2.45, 2.75) is 12.5 Å². The van der Waals surface area contributed by atoms with Crippen LogP contribution in [0.25, 0.3) is 0 Å². The van der Waals surface area contributed by atoms with Gasteiger partial charge < -0.3 is 5.11 Å². The van der Waals surface area contributed by atoms with Crippen LogP contribution in [0.1, 0.15) is 17.2 Å². The lowest BCUT2D eigenvalue weighted by Crippen LogP contribution is -2.06. The molecule has 0 aliphatic rings. The Balaban J connectivity index is 2.31. The van der Waals surface area contributed by atoms with Crippen LogP contribution in [-0.4, -0.2) is 5.11 Å². The summed E-state index contributed by atoms with van der Waals surface area (Å²) in [4.78, 5) is 0. The first-order chi connectivity index (χ1) is 8.99. The maximum Gasteiger partial charge on any atom is 0.130 e. The molecule has 0 heterocycles. The summed E-state index contributed by atoms with van der Waals surface area (Å²) in [5, 5.41) is 10.5. The standard InChI is InChI=1S/C14H10Cl2F2O/c15-10-5-4-9(17)6-8(10)7-13(19)14-11(16)2-1-3-12(14)18/h1-6,13,19H,7H2. The Morgan fingerprint density at radius 3 is 2.47 bits per heavy atom. The first-order valence-corrected chi connectivity index (χ1v) is 6.30. The second-order valence-corrected chi connectivity index (χ2v) is 4.91. The number of hydrogen-bond acceptors (Lipinski definition) is 1. The molecule has 0 radical (unpaired) electrons. The Morgan fingerprint density at radius 2 is 1.79 bits per heavy atom. The highest BCUT2D eigenvalue weighted by molar-refractivity contribution is 6.31. The Bertz CT molecular complexity index is 582. The fourth-order valence-electron chi connectivity index (χ4n) is 1.84. The summed E-state index contributed by atoms with van der Waals surface area (Å²) in [6, 6.07) is 7.95. The number of halogens is 4. The van der Waals surface area contributed by atoms with Crippen molar-refractivity contribution in [1.29, 1.82) is 0 Å². The molecule has 1 unspecified atom stereocenters. The van der Waals surface area contributed by atoms with E-state index in [4.69, 9.17) is 23.2 Å². The predicted molar refractivity (Wildman–Crippen MR) is 71.5 cm³/mol. The highest BCUT2D eigenvalue weighted by atomic mass is 35.5.